The fourth-order valence-electron chi connectivity index (χ4n) is 3.04. The number of anilines is 4. The molecule has 0 aliphatic rings. The van der Waals surface area contributed by atoms with Crippen LogP contribution in [0.5, 0.6) is 0 Å². The van der Waals surface area contributed by atoms with Crippen molar-refractivity contribution < 1.29 is 0 Å². The average molecular weight is 370 g/mol. The molecule has 0 saturated heterocycles. The van der Waals surface area contributed by atoms with Crippen LogP contribution in [0.2, 0.25) is 0 Å². The summed E-state index contributed by atoms with van der Waals surface area (Å²) in [4.78, 5) is 18.0. The Kier molecular flexibility index (Phi) is 4.61. The molecule has 4 rings (SSSR count). The predicted molar refractivity (Wildman–Crippen MR) is 114 cm³/mol. The van der Waals surface area contributed by atoms with Crippen LogP contribution in [0.3, 0.4) is 0 Å². The molecule has 0 spiro atoms. The smallest absolute Gasteiger partial charge is 0.231 e. The molecule has 0 aliphatic carbocycles. The number of benzene rings is 2. The summed E-state index contributed by atoms with van der Waals surface area (Å²) < 4.78 is 0. The quantitative estimate of drug-likeness (QED) is 0.518. The van der Waals surface area contributed by atoms with Crippen molar-refractivity contribution in [2.24, 2.45) is 0 Å². The van der Waals surface area contributed by atoms with Crippen molar-refractivity contribution in [3.63, 3.8) is 0 Å². The number of nitrogens with zero attached hydrogens (tertiary/aromatic N) is 4. The lowest BCUT2D eigenvalue weighted by Crippen LogP contribution is -2.05. The monoisotopic (exact) mass is 370 g/mol. The molecule has 0 fully saturated rings. The number of nitrogens with one attached hydrogen (secondary N) is 2. The van der Waals surface area contributed by atoms with E-state index in [1.165, 1.54) is 16.7 Å². The normalized spacial score (nSPS) is 10.9. The van der Waals surface area contributed by atoms with Crippen LogP contribution in [0.25, 0.3) is 11.2 Å². The Hall–Kier alpha value is -3.54. The minimum atomic E-state index is 0.478. The molecule has 140 valence electrons. The maximum Gasteiger partial charge on any atom is 0.231 e. The van der Waals surface area contributed by atoms with Crippen LogP contribution in [-0.2, 0) is 0 Å². The first-order valence-electron chi connectivity index (χ1n) is 9.17. The maximum atomic E-state index is 4.67. The first-order chi connectivity index (χ1) is 13.5. The molecule has 6 nitrogen and oxygen atoms in total. The minimum absolute atomic E-state index is 0.478. The highest BCUT2D eigenvalue weighted by atomic mass is 15.2. The van der Waals surface area contributed by atoms with E-state index < -0.39 is 0 Å². The Bertz CT molecular complexity index is 1170. The standard InChI is InChI=1S/C22H22N6/c1-13-5-8-18(16(4)11-13)26-22-27-20-19(23-9-10-24-20)21(28-22)25-17-7-6-14(2)15(3)12-17/h5-12H,1-4H3,(H2,24,25,26,27,28). The van der Waals surface area contributed by atoms with Crippen LogP contribution in [-0.4, -0.2) is 19.9 Å². The van der Waals surface area contributed by atoms with Crippen molar-refractivity contribution in [1.82, 2.24) is 19.9 Å². The Labute approximate surface area is 164 Å². The highest BCUT2D eigenvalue weighted by Crippen LogP contribution is 2.26. The van der Waals surface area contributed by atoms with E-state index in [0.29, 0.717) is 22.9 Å². The summed E-state index contributed by atoms with van der Waals surface area (Å²) in [6.07, 6.45) is 3.28. The predicted octanol–water partition coefficient (Wildman–Crippen LogP) is 5.14. The van der Waals surface area contributed by atoms with Crippen LogP contribution < -0.4 is 10.6 Å². The molecular formula is C22H22N6. The van der Waals surface area contributed by atoms with E-state index in [-0.39, 0.29) is 0 Å². The topological polar surface area (TPSA) is 75.6 Å². The van der Waals surface area contributed by atoms with E-state index in [1.54, 1.807) is 12.4 Å². The van der Waals surface area contributed by atoms with E-state index >= 15 is 0 Å². The van der Waals surface area contributed by atoms with Crippen LogP contribution >= 0.6 is 0 Å². The van der Waals surface area contributed by atoms with Crippen molar-refractivity contribution in [1.29, 1.82) is 0 Å². The van der Waals surface area contributed by atoms with Gasteiger partial charge < -0.3 is 10.6 Å². The van der Waals surface area contributed by atoms with Gasteiger partial charge in [-0.1, -0.05) is 23.8 Å². The zero-order valence-electron chi connectivity index (χ0n) is 16.4. The van der Waals surface area contributed by atoms with Gasteiger partial charge in [0, 0.05) is 23.8 Å². The summed E-state index contributed by atoms with van der Waals surface area (Å²) >= 11 is 0. The molecule has 6 heteroatoms. The molecule has 2 N–H and O–H groups in total. The van der Waals surface area contributed by atoms with Crippen LogP contribution in [0.1, 0.15) is 22.3 Å². The van der Waals surface area contributed by atoms with Gasteiger partial charge in [0.25, 0.3) is 0 Å². The minimum Gasteiger partial charge on any atom is -0.338 e. The van der Waals surface area contributed by atoms with Crippen LogP contribution in [0, 0.1) is 27.7 Å². The van der Waals surface area contributed by atoms with Gasteiger partial charge in [0.1, 0.15) is 0 Å². The largest absolute Gasteiger partial charge is 0.338 e. The molecule has 0 bridgehead atoms. The van der Waals surface area contributed by atoms with E-state index in [2.05, 4.69) is 82.5 Å². The second-order valence-electron chi connectivity index (χ2n) is 6.99. The SMILES string of the molecule is Cc1ccc(Nc2nc(Nc3ccc(C)c(C)c3)c3nccnc3n2)c(C)c1. The molecule has 0 aliphatic heterocycles. The number of hydrogen-bond donors (Lipinski definition) is 2. The summed E-state index contributed by atoms with van der Waals surface area (Å²) in [5, 5.41) is 6.68. The second-order valence-corrected chi connectivity index (χ2v) is 6.99. The first-order valence-corrected chi connectivity index (χ1v) is 9.17. The van der Waals surface area contributed by atoms with Gasteiger partial charge in [0.2, 0.25) is 5.95 Å². The van der Waals surface area contributed by atoms with Crippen LogP contribution in [0.15, 0.2) is 48.8 Å². The fourth-order valence-corrected chi connectivity index (χ4v) is 3.04. The summed E-state index contributed by atoms with van der Waals surface area (Å²) in [6.45, 7) is 8.32. The molecule has 0 unspecified atom stereocenters. The summed E-state index contributed by atoms with van der Waals surface area (Å²) in [7, 11) is 0. The Balaban J connectivity index is 1.75. The molecule has 0 atom stereocenters. The molecule has 2 heterocycles. The van der Waals surface area contributed by atoms with E-state index in [1.807, 2.05) is 12.1 Å². The van der Waals surface area contributed by atoms with E-state index in [0.717, 1.165) is 16.9 Å². The summed E-state index contributed by atoms with van der Waals surface area (Å²) in [6, 6.07) is 12.4. The van der Waals surface area contributed by atoms with E-state index in [9.17, 15) is 0 Å². The highest BCUT2D eigenvalue weighted by Gasteiger charge is 2.11. The molecule has 28 heavy (non-hydrogen) atoms. The second kappa shape index (κ2) is 7.23. The average Bonchev–Trinajstić information content (AvgIpc) is 2.67. The lowest BCUT2D eigenvalue weighted by molar-refractivity contribution is 1.14. The van der Waals surface area contributed by atoms with Crippen molar-refractivity contribution in [3.05, 3.63) is 71.0 Å². The molecular weight excluding hydrogens is 348 g/mol. The molecule has 4 aromatic rings. The third-order valence-electron chi connectivity index (χ3n) is 4.73. The van der Waals surface area contributed by atoms with Gasteiger partial charge in [-0.2, -0.15) is 9.97 Å². The zero-order valence-corrected chi connectivity index (χ0v) is 16.4. The molecule has 2 aromatic heterocycles. The van der Waals surface area contributed by atoms with Crippen molar-refractivity contribution >= 4 is 34.3 Å². The lowest BCUT2D eigenvalue weighted by atomic mass is 10.1. The number of aryl methyl sites for hydroxylation is 4. The Morgan fingerprint density at radius 1 is 0.714 bits per heavy atom. The van der Waals surface area contributed by atoms with Crippen molar-refractivity contribution in [3.8, 4) is 0 Å². The number of hydrogen-bond acceptors (Lipinski definition) is 6. The molecule has 2 aromatic carbocycles. The van der Waals surface area contributed by atoms with Gasteiger partial charge in [-0.05, 0) is 62.6 Å². The molecule has 0 radical (unpaired) electrons. The van der Waals surface area contributed by atoms with Gasteiger partial charge in [0.05, 0.1) is 0 Å². The lowest BCUT2D eigenvalue weighted by Gasteiger charge is -2.13. The first kappa shape index (κ1) is 17.9. The third kappa shape index (κ3) is 3.62. The van der Waals surface area contributed by atoms with Gasteiger partial charge in [-0.15, -0.1) is 0 Å². The Morgan fingerprint density at radius 3 is 2.32 bits per heavy atom. The maximum absolute atomic E-state index is 4.67. The highest BCUT2D eigenvalue weighted by molar-refractivity contribution is 5.86. The molecule has 0 amide bonds. The van der Waals surface area contributed by atoms with Gasteiger partial charge in [0.15, 0.2) is 17.0 Å². The van der Waals surface area contributed by atoms with Crippen LogP contribution in [0.4, 0.5) is 23.1 Å². The number of rotatable bonds is 4. The van der Waals surface area contributed by atoms with Gasteiger partial charge in [-0.25, -0.2) is 9.97 Å². The number of fused-ring (bicyclic) bond motifs is 1. The Morgan fingerprint density at radius 2 is 1.54 bits per heavy atom. The van der Waals surface area contributed by atoms with Crippen molar-refractivity contribution in [2.45, 2.75) is 27.7 Å². The van der Waals surface area contributed by atoms with E-state index in [4.69, 9.17) is 0 Å². The zero-order chi connectivity index (χ0) is 19.7. The third-order valence-corrected chi connectivity index (χ3v) is 4.73. The van der Waals surface area contributed by atoms with Crippen molar-refractivity contribution in [2.75, 3.05) is 10.6 Å². The number of aromatic nitrogens is 4. The summed E-state index contributed by atoms with van der Waals surface area (Å²) in [5.74, 6) is 1.10. The van der Waals surface area contributed by atoms with Gasteiger partial charge in [-0.3, -0.25) is 0 Å². The molecule has 0 saturated carbocycles. The fraction of sp³-hybridized carbons (Fsp3) is 0.182. The summed E-state index contributed by atoms with van der Waals surface area (Å²) in [5.41, 5.74) is 7.88. The van der Waals surface area contributed by atoms with Gasteiger partial charge >= 0.3 is 0 Å².